The fraction of sp³-hybridized carbons (Fsp3) is 0.238. The summed E-state index contributed by atoms with van der Waals surface area (Å²) in [5.41, 5.74) is -0.0685. The Labute approximate surface area is 182 Å². The molecule has 0 aliphatic rings. The summed E-state index contributed by atoms with van der Waals surface area (Å²) in [5, 5.41) is 3.39. The van der Waals surface area contributed by atoms with Gasteiger partial charge in [0.25, 0.3) is 0 Å². The monoisotopic (exact) mass is 457 g/mol. The summed E-state index contributed by atoms with van der Waals surface area (Å²) in [6.45, 7) is 1.67. The molecular formula is C21H20ClF4N3O2. The second-order valence-corrected chi connectivity index (χ2v) is 6.87. The van der Waals surface area contributed by atoms with E-state index < -0.39 is 29.8 Å². The van der Waals surface area contributed by atoms with Gasteiger partial charge in [0.15, 0.2) is 6.23 Å². The molecule has 0 radical (unpaired) electrons. The zero-order valence-electron chi connectivity index (χ0n) is 16.8. The van der Waals surface area contributed by atoms with Crippen LogP contribution in [0, 0.1) is 5.82 Å². The van der Waals surface area contributed by atoms with Crippen LogP contribution in [0.15, 0.2) is 48.7 Å². The normalized spacial score (nSPS) is 12.4. The van der Waals surface area contributed by atoms with Crippen molar-refractivity contribution in [2.24, 2.45) is 0 Å². The van der Waals surface area contributed by atoms with Crippen LogP contribution < -0.4 is 5.32 Å². The lowest BCUT2D eigenvalue weighted by Gasteiger charge is -2.21. The number of fused-ring (bicyclic) bond motifs is 1. The van der Waals surface area contributed by atoms with E-state index in [0.717, 1.165) is 18.2 Å². The van der Waals surface area contributed by atoms with Crippen LogP contribution in [-0.4, -0.2) is 36.2 Å². The van der Waals surface area contributed by atoms with Crippen molar-refractivity contribution in [3.8, 4) is 0 Å². The second kappa shape index (κ2) is 9.49. The molecule has 0 bridgehead atoms. The van der Waals surface area contributed by atoms with Crippen molar-refractivity contribution in [3.05, 3.63) is 65.6 Å². The van der Waals surface area contributed by atoms with Gasteiger partial charge >= 0.3 is 12.1 Å². The van der Waals surface area contributed by atoms with E-state index >= 15 is 0 Å². The number of halogens is 5. The molecular weight excluding hydrogens is 438 g/mol. The van der Waals surface area contributed by atoms with E-state index in [2.05, 4.69) is 10.3 Å². The molecule has 1 heterocycles. The Balaban J connectivity index is 0.00000341. The number of carbonyl (C=O) groups is 1. The Hall–Kier alpha value is -2.91. The molecule has 0 amide bonds. The van der Waals surface area contributed by atoms with E-state index in [9.17, 15) is 22.4 Å². The Morgan fingerprint density at radius 2 is 1.81 bits per heavy atom. The van der Waals surface area contributed by atoms with Gasteiger partial charge in [-0.2, -0.15) is 13.2 Å². The standard InChI is InChI=1S/C21H19F4N3O2.ClH/c1-12(28(2)3)30-20(29)16-11-14(22)5-7-17(16)27-18-8-9-26-19-10-13(21(23,24)25)4-6-15(18)19;/h4-12H,1-3H3,(H,26,27);1H. The number of hydrogen-bond donors (Lipinski definition) is 1. The Kier molecular flexibility index (Phi) is 7.45. The first kappa shape index (κ1) is 24.4. The zero-order valence-corrected chi connectivity index (χ0v) is 17.6. The summed E-state index contributed by atoms with van der Waals surface area (Å²) in [6.07, 6.45) is -3.69. The molecule has 0 saturated carbocycles. The van der Waals surface area contributed by atoms with E-state index in [1.807, 2.05) is 0 Å². The van der Waals surface area contributed by atoms with Crippen LogP contribution in [0.3, 0.4) is 0 Å². The highest BCUT2D eigenvalue weighted by atomic mass is 35.5. The molecule has 2 aromatic carbocycles. The average Bonchev–Trinajstić information content (AvgIpc) is 2.68. The predicted molar refractivity (Wildman–Crippen MR) is 112 cm³/mol. The molecule has 0 aliphatic heterocycles. The van der Waals surface area contributed by atoms with Gasteiger partial charge in [-0.25, -0.2) is 9.18 Å². The predicted octanol–water partition coefficient (Wildman–Crippen LogP) is 5.62. The van der Waals surface area contributed by atoms with Gasteiger partial charge in [0, 0.05) is 17.3 Å². The molecule has 1 atom stereocenters. The Morgan fingerprint density at radius 3 is 2.45 bits per heavy atom. The van der Waals surface area contributed by atoms with Crippen molar-refractivity contribution >= 4 is 40.7 Å². The Morgan fingerprint density at radius 1 is 1.10 bits per heavy atom. The smallest absolute Gasteiger partial charge is 0.416 e. The minimum Gasteiger partial charge on any atom is -0.443 e. The minimum absolute atomic E-state index is 0. The first-order valence-electron chi connectivity index (χ1n) is 8.96. The van der Waals surface area contributed by atoms with Gasteiger partial charge in [0.1, 0.15) is 5.82 Å². The lowest BCUT2D eigenvalue weighted by Crippen LogP contribution is -2.30. The third-order valence-electron chi connectivity index (χ3n) is 4.55. The third kappa shape index (κ3) is 5.62. The summed E-state index contributed by atoms with van der Waals surface area (Å²) in [7, 11) is 3.45. The molecule has 0 fully saturated rings. The number of nitrogens with one attached hydrogen (secondary N) is 1. The number of pyridine rings is 1. The van der Waals surface area contributed by atoms with E-state index in [-0.39, 0.29) is 29.2 Å². The maximum Gasteiger partial charge on any atom is 0.416 e. The van der Waals surface area contributed by atoms with Gasteiger partial charge in [-0.05, 0) is 57.4 Å². The zero-order chi connectivity index (χ0) is 22.1. The largest absolute Gasteiger partial charge is 0.443 e. The Bertz CT molecular complexity index is 1090. The summed E-state index contributed by atoms with van der Waals surface area (Å²) in [4.78, 5) is 18.2. The quantitative estimate of drug-likeness (QED) is 0.306. The van der Waals surface area contributed by atoms with Crippen LogP contribution in [0.25, 0.3) is 10.9 Å². The highest BCUT2D eigenvalue weighted by Crippen LogP contribution is 2.34. The molecule has 0 spiro atoms. The van der Waals surface area contributed by atoms with Gasteiger partial charge in [-0.1, -0.05) is 6.07 Å². The van der Waals surface area contributed by atoms with Crippen LogP contribution in [-0.2, 0) is 10.9 Å². The molecule has 5 nitrogen and oxygen atoms in total. The van der Waals surface area contributed by atoms with E-state index in [1.54, 1.807) is 32.0 Å². The molecule has 3 rings (SSSR count). The molecule has 31 heavy (non-hydrogen) atoms. The molecule has 0 aliphatic carbocycles. The number of benzene rings is 2. The number of ether oxygens (including phenoxy) is 1. The molecule has 1 N–H and O–H groups in total. The van der Waals surface area contributed by atoms with Crippen LogP contribution in [0.2, 0.25) is 0 Å². The number of alkyl halides is 3. The number of nitrogens with zero attached hydrogens (tertiary/aromatic N) is 2. The minimum atomic E-state index is -4.49. The average molecular weight is 458 g/mol. The van der Waals surface area contributed by atoms with Crippen LogP contribution in [0.1, 0.15) is 22.8 Å². The molecule has 166 valence electrons. The highest BCUT2D eigenvalue weighted by molar-refractivity contribution is 5.99. The van der Waals surface area contributed by atoms with Gasteiger partial charge < -0.3 is 10.1 Å². The number of rotatable bonds is 5. The number of aromatic nitrogens is 1. The number of anilines is 2. The SMILES string of the molecule is CC(OC(=O)c1cc(F)ccc1Nc1ccnc2cc(C(F)(F)F)ccc12)N(C)C.Cl. The number of esters is 1. The van der Waals surface area contributed by atoms with Crippen molar-refractivity contribution in [3.63, 3.8) is 0 Å². The van der Waals surface area contributed by atoms with Crippen molar-refractivity contribution in [2.45, 2.75) is 19.3 Å². The maximum absolute atomic E-state index is 13.8. The van der Waals surface area contributed by atoms with Crippen molar-refractivity contribution in [2.75, 3.05) is 19.4 Å². The first-order valence-corrected chi connectivity index (χ1v) is 8.96. The van der Waals surface area contributed by atoms with Crippen molar-refractivity contribution < 1.29 is 27.1 Å². The summed E-state index contributed by atoms with van der Waals surface area (Å²) < 4.78 is 58.0. The maximum atomic E-state index is 13.8. The summed E-state index contributed by atoms with van der Waals surface area (Å²) >= 11 is 0. The highest BCUT2D eigenvalue weighted by Gasteiger charge is 2.30. The van der Waals surface area contributed by atoms with Gasteiger partial charge in [0.05, 0.1) is 22.3 Å². The summed E-state index contributed by atoms with van der Waals surface area (Å²) in [5.74, 6) is -1.37. The van der Waals surface area contributed by atoms with Gasteiger partial charge in [0.2, 0.25) is 0 Å². The first-order chi connectivity index (χ1) is 14.1. The lowest BCUT2D eigenvalue weighted by molar-refractivity contribution is -0.137. The third-order valence-corrected chi connectivity index (χ3v) is 4.55. The van der Waals surface area contributed by atoms with Crippen molar-refractivity contribution in [1.29, 1.82) is 0 Å². The van der Waals surface area contributed by atoms with E-state index in [1.165, 1.54) is 24.4 Å². The molecule has 0 saturated heterocycles. The van der Waals surface area contributed by atoms with Gasteiger partial charge in [-0.3, -0.25) is 9.88 Å². The molecule has 1 unspecified atom stereocenters. The fourth-order valence-corrected chi connectivity index (χ4v) is 2.70. The molecule has 10 heteroatoms. The number of hydrogen-bond acceptors (Lipinski definition) is 5. The van der Waals surface area contributed by atoms with Crippen molar-refractivity contribution in [1.82, 2.24) is 9.88 Å². The second-order valence-electron chi connectivity index (χ2n) is 6.87. The van der Waals surface area contributed by atoms with Crippen LogP contribution >= 0.6 is 12.4 Å². The fourth-order valence-electron chi connectivity index (χ4n) is 2.70. The molecule has 3 aromatic rings. The number of carbonyl (C=O) groups excluding carboxylic acids is 1. The van der Waals surface area contributed by atoms with E-state index in [0.29, 0.717) is 11.1 Å². The van der Waals surface area contributed by atoms with Gasteiger partial charge in [-0.15, -0.1) is 12.4 Å². The molecule has 1 aromatic heterocycles. The van der Waals surface area contributed by atoms with E-state index in [4.69, 9.17) is 4.74 Å². The topological polar surface area (TPSA) is 54.5 Å². The van der Waals surface area contributed by atoms with Crippen LogP contribution in [0.5, 0.6) is 0 Å². The van der Waals surface area contributed by atoms with Crippen LogP contribution in [0.4, 0.5) is 28.9 Å². The lowest BCUT2D eigenvalue weighted by atomic mass is 10.1. The summed E-state index contributed by atoms with van der Waals surface area (Å²) in [6, 6.07) is 8.31.